The Balaban J connectivity index is 1.53. The Hall–Kier alpha value is -5.03. The number of allylic oxidation sites excluding steroid dienone is 1. The van der Waals surface area contributed by atoms with Crippen LogP contribution in [0.3, 0.4) is 0 Å². The van der Waals surface area contributed by atoms with E-state index >= 15 is 0 Å². The Labute approximate surface area is 239 Å². The number of aryl methyl sites for hydroxylation is 3. The van der Waals surface area contributed by atoms with Gasteiger partial charge in [0.05, 0.1) is 39.6 Å². The second-order valence-electron chi connectivity index (χ2n) is 10.9. The van der Waals surface area contributed by atoms with Gasteiger partial charge in [-0.05, 0) is 80.8 Å². The van der Waals surface area contributed by atoms with Gasteiger partial charge in [0.15, 0.2) is 0 Å². The van der Waals surface area contributed by atoms with E-state index in [0.717, 1.165) is 45.3 Å². The van der Waals surface area contributed by atoms with Crippen LogP contribution in [-0.4, -0.2) is 19.3 Å². The number of aromatic nitrogens is 4. The van der Waals surface area contributed by atoms with Gasteiger partial charge in [0, 0.05) is 5.56 Å². The highest BCUT2D eigenvalue weighted by Gasteiger charge is 2.33. The summed E-state index contributed by atoms with van der Waals surface area (Å²) in [6, 6.07) is 34.6. The Bertz CT molecular complexity index is 2000. The van der Waals surface area contributed by atoms with Crippen LogP contribution >= 0.6 is 0 Å². The molecular formula is C36H30N4O. The average Bonchev–Trinajstić information content (AvgIpc) is 3.34. The number of hydrogen-bond donors (Lipinski definition) is 0. The second-order valence-corrected chi connectivity index (χ2v) is 10.9. The third-order valence-electron chi connectivity index (χ3n) is 8.06. The van der Waals surface area contributed by atoms with E-state index in [1.54, 1.807) is 0 Å². The van der Waals surface area contributed by atoms with Crippen molar-refractivity contribution < 1.29 is 0 Å². The second kappa shape index (κ2) is 9.86. The highest BCUT2D eigenvalue weighted by molar-refractivity contribution is 5.86. The van der Waals surface area contributed by atoms with Crippen molar-refractivity contribution >= 4 is 22.6 Å². The van der Waals surface area contributed by atoms with Crippen LogP contribution in [0.25, 0.3) is 33.9 Å². The first-order chi connectivity index (χ1) is 20.0. The zero-order valence-corrected chi connectivity index (χ0v) is 23.4. The molecule has 1 aliphatic rings. The van der Waals surface area contributed by atoms with Crippen LogP contribution < -0.4 is 5.56 Å². The monoisotopic (exact) mass is 534 g/mol. The molecule has 0 saturated carbocycles. The SMILES string of the molecule is Cc1ccc(C2=Cc3c(c(C)nn3-c3ccccc3)C(c3nc4ccccc4c(=O)n3-c3ccc(C)cc3)C2)cc1. The summed E-state index contributed by atoms with van der Waals surface area (Å²) < 4.78 is 3.84. The van der Waals surface area contributed by atoms with Crippen molar-refractivity contribution in [3.8, 4) is 11.4 Å². The highest BCUT2D eigenvalue weighted by Crippen LogP contribution is 2.44. The molecule has 4 aromatic carbocycles. The van der Waals surface area contributed by atoms with Gasteiger partial charge in [-0.15, -0.1) is 0 Å². The van der Waals surface area contributed by atoms with Crippen LogP contribution in [0, 0.1) is 20.8 Å². The van der Waals surface area contributed by atoms with Crippen LogP contribution in [0.4, 0.5) is 0 Å². The lowest BCUT2D eigenvalue weighted by atomic mass is 9.81. The maximum Gasteiger partial charge on any atom is 0.265 e. The molecule has 1 aliphatic carbocycles. The maximum atomic E-state index is 14.2. The summed E-state index contributed by atoms with van der Waals surface area (Å²) in [6.45, 7) is 6.22. The van der Waals surface area contributed by atoms with Gasteiger partial charge in [-0.2, -0.15) is 5.10 Å². The number of hydrogen-bond acceptors (Lipinski definition) is 3. The molecule has 5 nitrogen and oxygen atoms in total. The minimum Gasteiger partial charge on any atom is -0.268 e. The molecule has 5 heteroatoms. The number of rotatable bonds is 4. The highest BCUT2D eigenvalue weighted by atomic mass is 16.1. The molecule has 41 heavy (non-hydrogen) atoms. The van der Waals surface area contributed by atoms with Crippen LogP contribution in [0.15, 0.2) is 108 Å². The van der Waals surface area contributed by atoms with E-state index in [-0.39, 0.29) is 11.5 Å². The van der Waals surface area contributed by atoms with Crippen molar-refractivity contribution in [3.63, 3.8) is 0 Å². The van der Waals surface area contributed by atoms with E-state index in [1.807, 2.05) is 76.0 Å². The Morgan fingerprint density at radius 3 is 2.12 bits per heavy atom. The van der Waals surface area contributed by atoms with Crippen molar-refractivity contribution in [3.05, 3.63) is 153 Å². The number of nitrogens with zero attached hydrogens (tertiary/aromatic N) is 4. The summed E-state index contributed by atoms with van der Waals surface area (Å²) in [5.41, 5.74) is 10.2. The quantitative estimate of drug-likeness (QED) is 0.234. The lowest BCUT2D eigenvalue weighted by Crippen LogP contribution is -2.27. The van der Waals surface area contributed by atoms with Crippen molar-refractivity contribution in [1.82, 2.24) is 19.3 Å². The fourth-order valence-electron chi connectivity index (χ4n) is 5.95. The van der Waals surface area contributed by atoms with Crippen molar-refractivity contribution in [1.29, 1.82) is 0 Å². The van der Waals surface area contributed by atoms with Gasteiger partial charge in [0.1, 0.15) is 5.82 Å². The smallest absolute Gasteiger partial charge is 0.265 e. The molecule has 0 aliphatic heterocycles. The minimum absolute atomic E-state index is 0.0597. The molecule has 0 N–H and O–H groups in total. The summed E-state index contributed by atoms with van der Waals surface area (Å²) in [5, 5.41) is 5.65. The standard InChI is InChI=1S/C36H30N4O/c1-23-13-17-26(18-14-23)27-21-31(34-25(3)38-40(33(34)22-27)29-9-5-4-6-10-29)35-37-32-12-8-7-11-30(32)36(41)39(35)28-19-15-24(2)16-20-28/h4-20,22,31H,21H2,1-3H3. The van der Waals surface area contributed by atoms with Crippen LogP contribution in [0.2, 0.25) is 0 Å². The van der Waals surface area contributed by atoms with Gasteiger partial charge in [0.25, 0.3) is 5.56 Å². The van der Waals surface area contributed by atoms with Gasteiger partial charge in [0.2, 0.25) is 0 Å². The van der Waals surface area contributed by atoms with E-state index in [9.17, 15) is 4.79 Å². The topological polar surface area (TPSA) is 52.7 Å². The van der Waals surface area contributed by atoms with E-state index < -0.39 is 0 Å². The molecule has 2 aromatic heterocycles. The van der Waals surface area contributed by atoms with Crippen molar-refractivity contribution in [2.24, 2.45) is 0 Å². The summed E-state index contributed by atoms with van der Waals surface area (Å²) in [5.74, 6) is 0.551. The van der Waals surface area contributed by atoms with Gasteiger partial charge in [-0.3, -0.25) is 9.36 Å². The molecule has 7 rings (SSSR count). The fraction of sp³-hybridized carbons (Fsp3) is 0.139. The zero-order chi connectivity index (χ0) is 28.1. The predicted molar refractivity (Wildman–Crippen MR) is 166 cm³/mol. The Morgan fingerprint density at radius 2 is 1.39 bits per heavy atom. The van der Waals surface area contributed by atoms with E-state index in [4.69, 9.17) is 10.1 Å². The summed E-state index contributed by atoms with van der Waals surface area (Å²) >= 11 is 0. The van der Waals surface area contributed by atoms with Gasteiger partial charge in [-0.1, -0.05) is 77.9 Å². The first kappa shape index (κ1) is 25.0. The van der Waals surface area contributed by atoms with Crippen LogP contribution in [-0.2, 0) is 0 Å². The first-order valence-electron chi connectivity index (χ1n) is 14.0. The maximum absolute atomic E-state index is 14.2. The lowest BCUT2D eigenvalue weighted by Gasteiger charge is -2.27. The normalized spacial score (nSPS) is 14.6. The molecule has 2 heterocycles. The molecule has 0 spiro atoms. The molecule has 0 bridgehead atoms. The molecule has 0 fully saturated rings. The zero-order valence-electron chi connectivity index (χ0n) is 23.4. The lowest BCUT2D eigenvalue weighted by molar-refractivity contribution is 0.707. The van der Waals surface area contributed by atoms with E-state index in [0.29, 0.717) is 17.3 Å². The molecule has 1 unspecified atom stereocenters. The first-order valence-corrected chi connectivity index (χ1v) is 14.0. The largest absolute Gasteiger partial charge is 0.268 e. The third-order valence-corrected chi connectivity index (χ3v) is 8.06. The Kier molecular flexibility index (Phi) is 6.01. The van der Waals surface area contributed by atoms with E-state index in [2.05, 4.69) is 63.2 Å². The molecule has 0 amide bonds. The fourth-order valence-corrected chi connectivity index (χ4v) is 5.95. The number of fused-ring (bicyclic) bond motifs is 2. The summed E-state index contributed by atoms with van der Waals surface area (Å²) in [7, 11) is 0. The van der Waals surface area contributed by atoms with Crippen molar-refractivity contribution in [2.45, 2.75) is 33.1 Å². The van der Waals surface area contributed by atoms with Crippen LogP contribution in [0.1, 0.15) is 51.8 Å². The molecule has 200 valence electrons. The van der Waals surface area contributed by atoms with Crippen LogP contribution in [0.5, 0.6) is 0 Å². The van der Waals surface area contributed by atoms with Crippen molar-refractivity contribution in [2.75, 3.05) is 0 Å². The number of benzene rings is 4. The molecular weight excluding hydrogens is 504 g/mol. The van der Waals surface area contributed by atoms with Gasteiger partial charge in [-0.25, -0.2) is 9.67 Å². The number of para-hydroxylation sites is 2. The Morgan fingerprint density at radius 1 is 0.732 bits per heavy atom. The van der Waals surface area contributed by atoms with Gasteiger partial charge >= 0.3 is 0 Å². The molecule has 0 radical (unpaired) electrons. The van der Waals surface area contributed by atoms with Gasteiger partial charge < -0.3 is 0 Å². The molecule has 0 saturated heterocycles. The van der Waals surface area contributed by atoms with E-state index in [1.165, 1.54) is 11.1 Å². The minimum atomic E-state index is -0.178. The predicted octanol–water partition coefficient (Wildman–Crippen LogP) is 7.57. The average molecular weight is 535 g/mol. The summed E-state index contributed by atoms with van der Waals surface area (Å²) in [6.07, 6.45) is 2.97. The summed E-state index contributed by atoms with van der Waals surface area (Å²) in [4.78, 5) is 19.4. The third kappa shape index (κ3) is 4.30. The molecule has 6 aromatic rings. The molecule has 1 atom stereocenters.